The van der Waals surface area contributed by atoms with E-state index in [-0.39, 0.29) is 30.9 Å². The Labute approximate surface area is 163 Å². The molecule has 1 unspecified atom stereocenters. The van der Waals surface area contributed by atoms with Crippen molar-refractivity contribution in [3.63, 3.8) is 0 Å². The number of fused-ring (bicyclic) bond motifs is 1. The highest BCUT2D eigenvalue weighted by Gasteiger charge is 2.37. The maximum absolute atomic E-state index is 14.5. The van der Waals surface area contributed by atoms with Crippen molar-refractivity contribution in [3.05, 3.63) is 81.9 Å². The van der Waals surface area contributed by atoms with Gasteiger partial charge in [0.2, 0.25) is 0 Å². The third-order valence-electron chi connectivity index (χ3n) is 4.71. The van der Waals surface area contributed by atoms with Crippen molar-refractivity contribution in [3.8, 4) is 0 Å². The lowest BCUT2D eigenvalue weighted by Crippen LogP contribution is -2.45. The standard InChI is InChI=1S/C18H16F2N6O3/c19-13-1-3-15(16(20)6-13)18(27,9-25-11-21-10-22-25)8-24-7-12-5-14(26(28)29)2-4-17(12)23-24/h1-6,10-11,23,27H,7-9H2. The minimum Gasteiger partial charge on any atom is -0.382 e. The highest BCUT2D eigenvalue weighted by atomic mass is 19.1. The molecule has 150 valence electrons. The van der Waals surface area contributed by atoms with Gasteiger partial charge in [-0.3, -0.25) is 10.1 Å². The molecule has 1 aliphatic rings. The smallest absolute Gasteiger partial charge is 0.269 e. The van der Waals surface area contributed by atoms with Crippen LogP contribution in [0.5, 0.6) is 0 Å². The monoisotopic (exact) mass is 402 g/mol. The van der Waals surface area contributed by atoms with E-state index in [4.69, 9.17) is 0 Å². The number of non-ortho nitro benzene ring substituents is 1. The molecule has 0 saturated carbocycles. The Morgan fingerprint density at radius 3 is 2.76 bits per heavy atom. The fourth-order valence-corrected chi connectivity index (χ4v) is 3.43. The van der Waals surface area contributed by atoms with E-state index >= 15 is 0 Å². The number of anilines is 1. The van der Waals surface area contributed by atoms with Gasteiger partial charge in [-0.1, -0.05) is 6.07 Å². The molecule has 1 aromatic heterocycles. The third kappa shape index (κ3) is 3.77. The molecule has 0 fully saturated rings. The van der Waals surface area contributed by atoms with Gasteiger partial charge >= 0.3 is 0 Å². The molecule has 2 heterocycles. The van der Waals surface area contributed by atoms with Crippen molar-refractivity contribution in [2.24, 2.45) is 0 Å². The number of benzene rings is 2. The van der Waals surface area contributed by atoms with Crippen LogP contribution in [-0.4, -0.2) is 36.3 Å². The average Bonchev–Trinajstić information content (AvgIpc) is 3.29. The number of nitrogens with one attached hydrogen (secondary N) is 1. The number of aliphatic hydroxyl groups is 1. The Balaban J connectivity index is 1.63. The van der Waals surface area contributed by atoms with Gasteiger partial charge in [0.15, 0.2) is 0 Å². The minimum atomic E-state index is -1.79. The fourth-order valence-electron chi connectivity index (χ4n) is 3.43. The van der Waals surface area contributed by atoms with Gasteiger partial charge in [-0.2, -0.15) is 5.10 Å². The highest BCUT2D eigenvalue weighted by Crippen LogP contribution is 2.33. The predicted molar refractivity (Wildman–Crippen MR) is 97.4 cm³/mol. The van der Waals surface area contributed by atoms with E-state index in [0.29, 0.717) is 17.3 Å². The van der Waals surface area contributed by atoms with Gasteiger partial charge in [0.1, 0.15) is 29.9 Å². The quantitative estimate of drug-likeness (QED) is 0.480. The Morgan fingerprint density at radius 2 is 2.07 bits per heavy atom. The molecule has 9 nitrogen and oxygen atoms in total. The van der Waals surface area contributed by atoms with Gasteiger partial charge in [-0.05, 0) is 17.7 Å². The lowest BCUT2D eigenvalue weighted by molar-refractivity contribution is -0.384. The summed E-state index contributed by atoms with van der Waals surface area (Å²) < 4.78 is 29.2. The summed E-state index contributed by atoms with van der Waals surface area (Å²) in [6, 6.07) is 7.35. The average molecular weight is 402 g/mol. The summed E-state index contributed by atoms with van der Waals surface area (Å²) in [5.41, 5.74) is 2.43. The molecule has 0 radical (unpaired) electrons. The van der Waals surface area contributed by atoms with Gasteiger partial charge in [0, 0.05) is 30.3 Å². The highest BCUT2D eigenvalue weighted by molar-refractivity contribution is 5.58. The molecule has 2 N–H and O–H groups in total. The lowest BCUT2D eigenvalue weighted by Gasteiger charge is -2.33. The van der Waals surface area contributed by atoms with E-state index in [2.05, 4.69) is 15.5 Å². The summed E-state index contributed by atoms with van der Waals surface area (Å²) in [7, 11) is 0. The molecule has 0 amide bonds. The summed E-state index contributed by atoms with van der Waals surface area (Å²) in [6.45, 7) is 0.0155. The van der Waals surface area contributed by atoms with Crippen molar-refractivity contribution >= 4 is 11.4 Å². The van der Waals surface area contributed by atoms with Crippen LogP contribution in [0, 0.1) is 21.7 Å². The van der Waals surface area contributed by atoms with Gasteiger partial charge < -0.3 is 10.5 Å². The second kappa shape index (κ2) is 7.18. The molecule has 29 heavy (non-hydrogen) atoms. The van der Waals surface area contributed by atoms with Crippen LogP contribution >= 0.6 is 0 Å². The van der Waals surface area contributed by atoms with E-state index in [0.717, 1.165) is 6.07 Å². The van der Waals surface area contributed by atoms with Crippen molar-refractivity contribution in [1.29, 1.82) is 0 Å². The summed E-state index contributed by atoms with van der Waals surface area (Å²) in [5.74, 6) is -1.65. The van der Waals surface area contributed by atoms with Crippen LogP contribution in [0.1, 0.15) is 11.1 Å². The minimum absolute atomic E-state index is 0.0464. The molecule has 0 aliphatic carbocycles. The Hall–Kier alpha value is -3.44. The number of nitro groups is 1. The van der Waals surface area contributed by atoms with E-state index in [9.17, 15) is 24.0 Å². The number of β-amino-alcohol motifs (C(OH)–C–C–N with tert-alkyl or cyclic N) is 1. The maximum Gasteiger partial charge on any atom is 0.269 e. The molecule has 3 aromatic rings. The Kier molecular flexibility index (Phi) is 4.68. The molecule has 0 bridgehead atoms. The van der Waals surface area contributed by atoms with Crippen LogP contribution in [0.25, 0.3) is 0 Å². The summed E-state index contributed by atoms with van der Waals surface area (Å²) in [5, 5.41) is 27.9. The number of halogens is 2. The van der Waals surface area contributed by atoms with Crippen molar-refractivity contribution in [2.75, 3.05) is 12.0 Å². The number of rotatable bonds is 6. The zero-order chi connectivity index (χ0) is 20.6. The Bertz CT molecular complexity index is 1060. The Morgan fingerprint density at radius 1 is 1.24 bits per heavy atom. The topological polar surface area (TPSA) is 109 Å². The maximum atomic E-state index is 14.5. The first-order chi connectivity index (χ1) is 13.8. The largest absolute Gasteiger partial charge is 0.382 e. The molecule has 1 atom stereocenters. The van der Waals surface area contributed by atoms with E-state index in [1.165, 1.54) is 35.5 Å². The number of nitrogens with zero attached hydrogens (tertiary/aromatic N) is 5. The molecule has 0 saturated heterocycles. The lowest BCUT2D eigenvalue weighted by atomic mass is 9.92. The van der Waals surface area contributed by atoms with Gasteiger partial charge in [0.25, 0.3) is 5.69 Å². The fraction of sp³-hybridized carbons (Fsp3) is 0.222. The molecular formula is C18H16F2N6O3. The van der Waals surface area contributed by atoms with Crippen LogP contribution < -0.4 is 5.43 Å². The number of hydrogen-bond acceptors (Lipinski definition) is 7. The second-order valence-corrected chi connectivity index (χ2v) is 6.82. The predicted octanol–water partition coefficient (Wildman–Crippen LogP) is 2.19. The number of hydrogen-bond donors (Lipinski definition) is 2. The zero-order valence-corrected chi connectivity index (χ0v) is 15.0. The summed E-state index contributed by atoms with van der Waals surface area (Å²) in [4.78, 5) is 14.3. The van der Waals surface area contributed by atoms with E-state index < -0.39 is 22.2 Å². The van der Waals surface area contributed by atoms with Crippen molar-refractivity contribution in [1.82, 2.24) is 19.8 Å². The van der Waals surface area contributed by atoms with Crippen LogP contribution in [0.4, 0.5) is 20.2 Å². The van der Waals surface area contributed by atoms with Crippen LogP contribution in [0.2, 0.25) is 0 Å². The van der Waals surface area contributed by atoms with E-state index in [1.54, 1.807) is 11.1 Å². The first-order valence-electron chi connectivity index (χ1n) is 8.63. The number of aromatic nitrogens is 3. The SMILES string of the molecule is O=[N+]([O-])c1ccc2c(c1)CN(CC(O)(Cn1cncn1)c1ccc(F)cc1F)N2. The van der Waals surface area contributed by atoms with Gasteiger partial charge in [0.05, 0.1) is 23.7 Å². The summed E-state index contributed by atoms with van der Waals surface area (Å²) >= 11 is 0. The van der Waals surface area contributed by atoms with Crippen LogP contribution in [0.3, 0.4) is 0 Å². The second-order valence-electron chi connectivity index (χ2n) is 6.82. The van der Waals surface area contributed by atoms with Crippen LogP contribution in [0.15, 0.2) is 49.1 Å². The van der Waals surface area contributed by atoms with E-state index in [1.807, 2.05) is 0 Å². The van der Waals surface area contributed by atoms with Gasteiger partial charge in [-0.25, -0.2) is 23.5 Å². The molecule has 1 aliphatic heterocycles. The molecular weight excluding hydrogens is 386 g/mol. The molecule has 2 aromatic carbocycles. The first kappa shape index (κ1) is 18.9. The molecule has 4 rings (SSSR count). The van der Waals surface area contributed by atoms with Crippen LogP contribution in [-0.2, 0) is 18.7 Å². The zero-order valence-electron chi connectivity index (χ0n) is 15.0. The number of nitro benzene ring substituents is 1. The van der Waals surface area contributed by atoms with Crippen molar-refractivity contribution < 1.29 is 18.8 Å². The summed E-state index contributed by atoms with van der Waals surface area (Å²) in [6.07, 6.45) is 2.66. The third-order valence-corrected chi connectivity index (χ3v) is 4.71. The first-order valence-corrected chi connectivity index (χ1v) is 8.63. The van der Waals surface area contributed by atoms with Gasteiger partial charge in [-0.15, -0.1) is 0 Å². The number of hydrazine groups is 1. The van der Waals surface area contributed by atoms with Crippen molar-refractivity contribution in [2.45, 2.75) is 18.7 Å². The normalized spacial score (nSPS) is 15.6. The molecule has 0 spiro atoms. The molecule has 11 heteroatoms.